The van der Waals surface area contributed by atoms with Gasteiger partial charge in [-0.05, 0) is 5.92 Å². The Balaban J connectivity index is 2.04. The van der Waals surface area contributed by atoms with Crippen LogP contribution in [0.25, 0.3) is 0 Å². The number of terminal acetylenes is 2. The first-order chi connectivity index (χ1) is 15.2. The molecule has 10 nitrogen and oxygen atoms in total. The summed E-state index contributed by atoms with van der Waals surface area (Å²) >= 11 is 0. The fourth-order valence-electron chi connectivity index (χ4n) is 3.79. The second kappa shape index (κ2) is 8.78. The maximum atomic E-state index is 11.6. The number of ether oxygens (including phenoxy) is 1. The lowest BCUT2D eigenvalue weighted by Crippen LogP contribution is -2.52. The molecule has 7 N–H and O–H groups in total. The largest absolute Gasteiger partial charge is 0.508 e. The third-order valence-electron chi connectivity index (χ3n) is 5.09. The van der Waals surface area contributed by atoms with Gasteiger partial charge in [0, 0.05) is 47.2 Å². The van der Waals surface area contributed by atoms with Gasteiger partial charge in [-0.25, -0.2) is 4.99 Å². The molecular formula is C22H18N2O8. The molecule has 2 aromatic carbocycles. The summed E-state index contributed by atoms with van der Waals surface area (Å²) in [6, 6.07) is 4.23. The predicted octanol–water partition coefficient (Wildman–Crippen LogP) is 0.951. The van der Waals surface area contributed by atoms with Crippen molar-refractivity contribution in [2.24, 2.45) is 4.99 Å². The van der Waals surface area contributed by atoms with Crippen LogP contribution in [0.15, 0.2) is 29.3 Å². The van der Waals surface area contributed by atoms with Gasteiger partial charge in [-0.2, -0.15) is 0 Å². The molecule has 32 heavy (non-hydrogen) atoms. The van der Waals surface area contributed by atoms with Crippen LogP contribution in [0.4, 0.5) is 11.4 Å². The van der Waals surface area contributed by atoms with Crippen molar-refractivity contribution in [3.8, 4) is 47.9 Å². The van der Waals surface area contributed by atoms with Gasteiger partial charge in [0.05, 0.1) is 23.6 Å². The Hall–Kier alpha value is -4.38. The first kappa shape index (κ1) is 22.3. The zero-order chi connectivity index (χ0) is 23.6. The summed E-state index contributed by atoms with van der Waals surface area (Å²) in [6.45, 7) is 0. The lowest BCUT2D eigenvalue weighted by molar-refractivity contribution is -0.111. The highest BCUT2D eigenvalue weighted by molar-refractivity contribution is 6.04. The number of aliphatic imine (C=N–C) groups is 1. The number of carbonyl (C=O) groups excluding carboxylic acids is 1. The van der Waals surface area contributed by atoms with E-state index in [4.69, 9.17) is 12.8 Å². The first-order valence-electron chi connectivity index (χ1n) is 9.08. The van der Waals surface area contributed by atoms with Gasteiger partial charge in [0.2, 0.25) is 0 Å². The van der Waals surface area contributed by atoms with E-state index in [1.807, 2.05) is 12.0 Å². The summed E-state index contributed by atoms with van der Waals surface area (Å²) in [6.07, 6.45) is 9.97. The van der Waals surface area contributed by atoms with E-state index < -0.39 is 41.4 Å². The van der Waals surface area contributed by atoms with E-state index in [9.17, 15) is 35.4 Å². The highest BCUT2D eigenvalue weighted by Gasteiger charge is 2.53. The number of benzene rings is 2. The number of rotatable bonds is 5. The molecule has 0 aromatic heterocycles. The van der Waals surface area contributed by atoms with Crippen LogP contribution < -0.4 is 5.32 Å². The smallest absolute Gasteiger partial charge is 0.300 e. The molecule has 0 spiro atoms. The standard InChI is InChI=1S/C22H18N2O8/c1-3-16(29)24-13-6-11(26)8-15(28)18(13)20-21(30)19(22(20)31)17-12(23-9-32-4-2)5-10(25)7-14(17)27/h1-2,5-9,19-22,25-28,30-31H,(H,24,29). The summed E-state index contributed by atoms with van der Waals surface area (Å²) in [7, 11) is 0. The fraction of sp³-hybridized carbons (Fsp3) is 0.182. The molecule has 0 bridgehead atoms. The van der Waals surface area contributed by atoms with E-state index in [2.05, 4.69) is 15.0 Å². The first-order valence-corrected chi connectivity index (χ1v) is 9.08. The molecule has 0 saturated heterocycles. The minimum atomic E-state index is -1.39. The lowest BCUT2D eigenvalue weighted by Gasteiger charge is -2.47. The molecule has 1 amide bonds. The molecular weight excluding hydrogens is 420 g/mol. The third kappa shape index (κ3) is 3.96. The van der Waals surface area contributed by atoms with Crippen molar-refractivity contribution in [3.63, 3.8) is 0 Å². The topological polar surface area (TPSA) is 172 Å². The van der Waals surface area contributed by atoms with Crippen molar-refractivity contribution in [3.05, 3.63) is 35.4 Å². The number of hydrogen-bond donors (Lipinski definition) is 7. The Morgan fingerprint density at radius 2 is 1.53 bits per heavy atom. The van der Waals surface area contributed by atoms with E-state index in [-0.39, 0.29) is 34.0 Å². The Morgan fingerprint density at radius 3 is 2.12 bits per heavy atom. The Labute approximate surface area is 182 Å². The number of amides is 1. The highest BCUT2D eigenvalue weighted by atomic mass is 16.5. The SMILES string of the molecule is C#COC=Nc1cc(O)cc(O)c1C1C(O)C(c2c(O)cc(O)cc2NC(=O)C#C)C1O. The lowest BCUT2D eigenvalue weighted by atomic mass is 9.62. The van der Waals surface area contributed by atoms with E-state index in [1.165, 1.54) is 0 Å². The van der Waals surface area contributed by atoms with E-state index in [0.29, 0.717) is 0 Å². The molecule has 0 heterocycles. The molecule has 3 rings (SSSR count). The quantitative estimate of drug-likeness (QED) is 0.205. The summed E-state index contributed by atoms with van der Waals surface area (Å²) in [5.41, 5.74) is -0.220. The molecule has 1 aliphatic carbocycles. The Bertz CT molecular complexity index is 1170. The van der Waals surface area contributed by atoms with Crippen molar-refractivity contribution in [1.82, 2.24) is 0 Å². The number of nitrogens with one attached hydrogen (secondary N) is 1. The van der Waals surface area contributed by atoms with Gasteiger partial charge in [-0.1, -0.05) is 6.42 Å². The van der Waals surface area contributed by atoms with Crippen molar-refractivity contribution in [2.45, 2.75) is 24.0 Å². The summed E-state index contributed by atoms with van der Waals surface area (Å²) in [4.78, 5) is 15.5. The van der Waals surface area contributed by atoms with Crippen molar-refractivity contribution in [2.75, 3.05) is 5.32 Å². The monoisotopic (exact) mass is 438 g/mol. The highest BCUT2D eigenvalue weighted by Crippen LogP contribution is 2.56. The van der Waals surface area contributed by atoms with Gasteiger partial charge < -0.3 is 40.7 Å². The number of nitrogens with zero attached hydrogens (tertiary/aromatic N) is 1. The van der Waals surface area contributed by atoms with Gasteiger partial charge in [-0.3, -0.25) is 4.79 Å². The maximum Gasteiger partial charge on any atom is 0.300 e. The summed E-state index contributed by atoms with van der Waals surface area (Å²) < 4.78 is 4.57. The van der Waals surface area contributed by atoms with Crippen LogP contribution >= 0.6 is 0 Å². The van der Waals surface area contributed by atoms with Crippen LogP contribution in [0.3, 0.4) is 0 Å². The van der Waals surface area contributed by atoms with Crippen LogP contribution in [0, 0.1) is 24.9 Å². The van der Waals surface area contributed by atoms with E-state index >= 15 is 0 Å². The molecule has 10 heteroatoms. The molecule has 164 valence electrons. The normalized spacial score (nSPS) is 21.9. The number of anilines is 1. The van der Waals surface area contributed by atoms with Crippen LogP contribution in [0.1, 0.15) is 23.0 Å². The number of aromatic hydroxyl groups is 4. The molecule has 2 atom stereocenters. The van der Waals surface area contributed by atoms with Gasteiger partial charge in [0.15, 0.2) is 6.40 Å². The number of phenols is 4. The Kier molecular flexibility index (Phi) is 6.12. The zero-order valence-corrected chi connectivity index (χ0v) is 16.3. The van der Waals surface area contributed by atoms with Crippen molar-refractivity contribution >= 4 is 23.7 Å². The third-order valence-corrected chi connectivity index (χ3v) is 5.09. The molecule has 0 aliphatic heterocycles. The Morgan fingerprint density at radius 1 is 0.969 bits per heavy atom. The number of carbonyl (C=O) groups is 1. The summed E-state index contributed by atoms with van der Waals surface area (Å²) in [5.74, 6) is -3.00. The number of aliphatic hydroxyl groups is 2. The average Bonchev–Trinajstić information content (AvgIpc) is 2.72. The summed E-state index contributed by atoms with van der Waals surface area (Å²) in [5, 5.41) is 64.2. The molecule has 2 aromatic rings. The zero-order valence-electron chi connectivity index (χ0n) is 16.3. The number of aliphatic hydroxyl groups excluding tert-OH is 2. The number of hydrogen-bond acceptors (Lipinski definition) is 9. The average molecular weight is 438 g/mol. The minimum Gasteiger partial charge on any atom is -0.508 e. The number of phenolic OH excluding ortho intramolecular Hbond substituents is 4. The predicted molar refractivity (Wildman–Crippen MR) is 113 cm³/mol. The second-order valence-corrected chi connectivity index (χ2v) is 6.93. The molecule has 1 aliphatic rings. The van der Waals surface area contributed by atoms with Gasteiger partial charge >= 0.3 is 0 Å². The fourth-order valence-corrected chi connectivity index (χ4v) is 3.79. The minimum absolute atomic E-state index is 0.0107. The van der Waals surface area contributed by atoms with Crippen LogP contribution in [0.2, 0.25) is 0 Å². The maximum absolute atomic E-state index is 11.6. The van der Waals surface area contributed by atoms with E-state index in [1.54, 1.807) is 0 Å². The van der Waals surface area contributed by atoms with Crippen LogP contribution in [-0.4, -0.2) is 55.2 Å². The second-order valence-electron chi connectivity index (χ2n) is 6.93. The van der Waals surface area contributed by atoms with E-state index in [0.717, 1.165) is 30.7 Å². The van der Waals surface area contributed by atoms with Crippen molar-refractivity contribution in [1.29, 1.82) is 0 Å². The van der Waals surface area contributed by atoms with Gasteiger partial charge in [0.25, 0.3) is 5.91 Å². The molecule has 1 fully saturated rings. The van der Waals surface area contributed by atoms with Crippen molar-refractivity contribution < 1.29 is 40.2 Å². The molecule has 1 saturated carbocycles. The molecule has 2 unspecified atom stereocenters. The van der Waals surface area contributed by atoms with Crippen LogP contribution in [-0.2, 0) is 9.53 Å². The van der Waals surface area contributed by atoms with Gasteiger partial charge in [0.1, 0.15) is 29.1 Å². The molecule has 0 radical (unpaired) electrons. The van der Waals surface area contributed by atoms with Crippen LogP contribution in [0.5, 0.6) is 23.0 Å². The van der Waals surface area contributed by atoms with Gasteiger partial charge in [-0.15, -0.1) is 6.42 Å².